The zero-order valence-electron chi connectivity index (χ0n) is 16.5. The molecule has 0 saturated carbocycles. The topological polar surface area (TPSA) is 75.7 Å². The Morgan fingerprint density at radius 3 is 2.53 bits per heavy atom. The van der Waals surface area contributed by atoms with Gasteiger partial charge in [-0.1, -0.05) is 36.4 Å². The summed E-state index contributed by atoms with van der Waals surface area (Å²) in [5, 5.41) is 4.74. The van der Waals surface area contributed by atoms with Crippen LogP contribution in [0.4, 0.5) is 5.69 Å². The van der Waals surface area contributed by atoms with Gasteiger partial charge in [0.15, 0.2) is 0 Å². The third-order valence-electron chi connectivity index (χ3n) is 4.99. The molecule has 6 nitrogen and oxygen atoms in total. The molecule has 8 heteroatoms. The van der Waals surface area contributed by atoms with Gasteiger partial charge >= 0.3 is 0 Å². The highest BCUT2D eigenvalue weighted by Gasteiger charge is 2.28. The predicted molar refractivity (Wildman–Crippen MR) is 118 cm³/mol. The Balaban J connectivity index is 1.60. The minimum atomic E-state index is -3.65. The van der Waals surface area contributed by atoms with Gasteiger partial charge in [-0.15, -0.1) is 11.3 Å². The lowest BCUT2D eigenvalue weighted by Gasteiger charge is -2.26. The molecule has 0 bridgehead atoms. The van der Waals surface area contributed by atoms with Crippen molar-refractivity contribution in [2.45, 2.75) is 11.8 Å². The van der Waals surface area contributed by atoms with Crippen molar-refractivity contribution >= 4 is 33.0 Å². The molecule has 3 aromatic rings. The zero-order chi connectivity index (χ0) is 21.1. The van der Waals surface area contributed by atoms with Gasteiger partial charge in [0.05, 0.1) is 23.0 Å². The molecule has 1 saturated heterocycles. The van der Waals surface area contributed by atoms with E-state index in [1.165, 1.54) is 21.7 Å². The van der Waals surface area contributed by atoms with Crippen LogP contribution in [0.3, 0.4) is 0 Å². The standard InChI is InChI=1S/C22H22N2O4S2/c1-16-7-8-18(15-20(16)30(26,27)24-10-12-28-13-11-24)23-22(25)21-19(9-14-29-21)17-5-3-2-4-6-17/h2-9,14-15H,10-13H2,1H3,(H,23,25). The number of anilines is 1. The largest absolute Gasteiger partial charge is 0.379 e. The third-order valence-corrected chi connectivity index (χ3v) is 7.94. The summed E-state index contributed by atoms with van der Waals surface area (Å²) in [6.45, 7) is 3.18. The number of nitrogens with one attached hydrogen (secondary N) is 1. The van der Waals surface area contributed by atoms with Crippen LogP contribution in [-0.2, 0) is 14.8 Å². The molecule has 1 aromatic heterocycles. The van der Waals surface area contributed by atoms with Crippen LogP contribution in [0.5, 0.6) is 0 Å². The summed E-state index contributed by atoms with van der Waals surface area (Å²) in [4.78, 5) is 13.7. The first-order chi connectivity index (χ1) is 14.5. The fourth-order valence-corrected chi connectivity index (χ4v) is 5.87. The average Bonchev–Trinajstić information content (AvgIpc) is 3.26. The molecule has 1 N–H and O–H groups in total. The third kappa shape index (κ3) is 4.17. The van der Waals surface area contributed by atoms with E-state index in [-0.39, 0.29) is 10.8 Å². The van der Waals surface area contributed by atoms with Crippen LogP contribution < -0.4 is 5.32 Å². The normalized spacial score (nSPS) is 15.1. The quantitative estimate of drug-likeness (QED) is 0.648. The lowest BCUT2D eigenvalue weighted by molar-refractivity contribution is 0.0730. The number of aryl methyl sites for hydroxylation is 1. The molecular weight excluding hydrogens is 420 g/mol. The summed E-state index contributed by atoms with van der Waals surface area (Å²) in [7, 11) is -3.65. The van der Waals surface area contributed by atoms with Crippen molar-refractivity contribution < 1.29 is 17.9 Å². The van der Waals surface area contributed by atoms with E-state index in [1.54, 1.807) is 19.1 Å². The van der Waals surface area contributed by atoms with Crippen LogP contribution in [0.2, 0.25) is 0 Å². The highest BCUT2D eigenvalue weighted by molar-refractivity contribution is 7.89. The fourth-order valence-electron chi connectivity index (χ4n) is 3.40. The number of sulfonamides is 1. The van der Waals surface area contributed by atoms with Gasteiger partial charge in [-0.3, -0.25) is 4.79 Å². The van der Waals surface area contributed by atoms with Crippen LogP contribution in [-0.4, -0.2) is 44.9 Å². The van der Waals surface area contributed by atoms with Crippen LogP contribution in [0.25, 0.3) is 11.1 Å². The average molecular weight is 443 g/mol. The summed E-state index contributed by atoms with van der Waals surface area (Å²) in [6, 6.07) is 16.6. The molecule has 0 radical (unpaired) electrons. The summed E-state index contributed by atoms with van der Waals surface area (Å²) >= 11 is 1.35. The van der Waals surface area contributed by atoms with Crippen LogP contribution in [0, 0.1) is 6.92 Å². The Morgan fingerprint density at radius 2 is 1.80 bits per heavy atom. The Labute approximate surface area is 180 Å². The zero-order valence-corrected chi connectivity index (χ0v) is 18.1. The van der Waals surface area contributed by atoms with E-state index in [1.807, 2.05) is 41.8 Å². The lowest BCUT2D eigenvalue weighted by Crippen LogP contribution is -2.40. The second-order valence-corrected chi connectivity index (χ2v) is 9.80. The van der Waals surface area contributed by atoms with Crippen molar-refractivity contribution in [3.05, 3.63) is 70.4 Å². The molecule has 0 spiro atoms. The Kier molecular flexibility index (Phi) is 6.01. The van der Waals surface area contributed by atoms with Gasteiger partial charge < -0.3 is 10.1 Å². The van der Waals surface area contributed by atoms with Crippen molar-refractivity contribution in [2.75, 3.05) is 31.6 Å². The summed E-state index contributed by atoms with van der Waals surface area (Å²) in [5.41, 5.74) is 2.90. The van der Waals surface area contributed by atoms with Crippen molar-refractivity contribution in [3.8, 4) is 11.1 Å². The maximum Gasteiger partial charge on any atom is 0.266 e. The van der Waals surface area contributed by atoms with Crippen molar-refractivity contribution in [2.24, 2.45) is 0 Å². The number of thiophene rings is 1. The second-order valence-electron chi connectivity index (χ2n) is 6.98. The maximum atomic E-state index is 13.1. The first kappa shape index (κ1) is 20.7. The van der Waals surface area contributed by atoms with Gasteiger partial charge in [-0.25, -0.2) is 8.42 Å². The molecule has 2 heterocycles. The minimum Gasteiger partial charge on any atom is -0.379 e. The first-order valence-corrected chi connectivity index (χ1v) is 11.9. The molecule has 0 aliphatic carbocycles. The molecule has 156 valence electrons. The van der Waals surface area contributed by atoms with E-state index < -0.39 is 10.0 Å². The van der Waals surface area contributed by atoms with Gasteiger partial charge in [-0.05, 0) is 41.6 Å². The Morgan fingerprint density at radius 1 is 1.07 bits per heavy atom. The van der Waals surface area contributed by atoms with E-state index in [4.69, 9.17) is 4.74 Å². The van der Waals surface area contributed by atoms with E-state index >= 15 is 0 Å². The maximum absolute atomic E-state index is 13.1. The lowest BCUT2D eigenvalue weighted by atomic mass is 10.1. The number of amides is 1. The number of hydrogen-bond donors (Lipinski definition) is 1. The summed E-state index contributed by atoms with van der Waals surface area (Å²) in [5.74, 6) is -0.262. The molecule has 4 rings (SSSR count). The van der Waals surface area contributed by atoms with Crippen LogP contribution in [0.15, 0.2) is 64.9 Å². The van der Waals surface area contributed by atoms with E-state index in [0.29, 0.717) is 42.4 Å². The number of ether oxygens (including phenoxy) is 1. The second kappa shape index (κ2) is 8.69. The molecule has 0 unspecified atom stereocenters. The summed E-state index contributed by atoms with van der Waals surface area (Å²) < 4.78 is 32.8. The van der Waals surface area contributed by atoms with Crippen molar-refractivity contribution in [1.29, 1.82) is 0 Å². The van der Waals surface area contributed by atoms with Crippen molar-refractivity contribution in [1.82, 2.24) is 4.31 Å². The number of morpholine rings is 1. The number of carbonyl (C=O) groups is 1. The SMILES string of the molecule is Cc1ccc(NC(=O)c2sccc2-c2ccccc2)cc1S(=O)(=O)N1CCOCC1. The highest BCUT2D eigenvalue weighted by Crippen LogP contribution is 2.30. The number of rotatable bonds is 5. The molecular formula is C22H22N2O4S2. The van der Waals surface area contributed by atoms with Gasteiger partial charge in [0.2, 0.25) is 10.0 Å². The highest BCUT2D eigenvalue weighted by atomic mass is 32.2. The molecule has 1 aliphatic rings. The molecule has 0 atom stereocenters. The number of benzene rings is 2. The van der Waals surface area contributed by atoms with Gasteiger partial charge in [0.25, 0.3) is 5.91 Å². The van der Waals surface area contributed by atoms with Crippen LogP contribution in [0.1, 0.15) is 15.2 Å². The Hall–Kier alpha value is -2.52. The molecule has 30 heavy (non-hydrogen) atoms. The van der Waals surface area contributed by atoms with Crippen molar-refractivity contribution in [3.63, 3.8) is 0 Å². The molecule has 1 aliphatic heterocycles. The van der Waals surface area contributed by atoms with E-state index in [2.05, 4.69) is 5.32 Å². The summed E-state index contributed by atoms with van der Waals surface area (Å²) in [6.07, 6.45) is 0. The van der Waals surface area contributed by atoms with E-state index in [9.17, 15) is 13.2 Å². The number of hydrogen-bond acceptors (Lipinski definition) is 5. The smallest absolute Gasteiger partial charge is 0.266 e. The fraction of sp³-hybridized carbons (Fsp3) is 0.227. The first-order valence-electron chi connectivity index (χ1n) is 9.59. The molecule has 1 fully saturated rings. The van der Waals surface area contributed by atoms with Gasteiger partial charge in [0.1, 0.15) is 0 Å². The molecule has 1 amide bonds. The molecule has 2 aromatic carbocycles. The monoisotopic (exact) mass is 442 g/mol. The number of nitrogens with zero attached hydrogens (tertiary/aromatic N) is 1. The minimum absolute atomic E-state index is 0.205. The Bertz CT molecular complexity index is 1150. The van der Waals surface area contributed by atoms with Gasteiger partial charge in [-0.2, -0.15) is 4.31 Å². The van der Waals surface area contributed by atoms with Crippen LogP contribution >= 0.6 is 11.3 Å². The van der Waals surface area contributed by atoms with Gasteiger partial charge in [0, 0.05) is 24.3 Å². The predicted octanol–water partition coefficient (Wildman–Crippen LogP) is 4.00. The number of carbonyl (C=O) groups excluding carboxylic acids is 1. The van der Waals surface area contributed by atoms with E-state index in [0.717, 1.165) is 11.1 Å².